The molecule has 0 atom stereocenters. The minimum Gasteiger partial charge on any atom is -0.463 e. The molecular weight excluding hydrogens is 312 g/mol. The first-order valence-corrected chi connectivity index (χ1v) is 7.13. The summed E-state index contributed by atoms with van der Waals surface area (Å²) in [5.41, 5.74) is 1.19. The molecule has 0 aliphatic heterocycles. The lowest BCUT2D eigenvalue weighted by Gasteiger charge is -1.96. The van der Waals surface area contributed by atoms with Gasteiger partial charge in [-0.2, -0.15) is 0 Å². The van der Waals surface area contributed by atoms with E-state index in [-0.39, 0.29) is 11.6 Å². The molecule has 0 aliphatic rings. The molecule has 2 rings (SSSR count). The molecule has 7 heteroatoms. The Morgan fingerprint density at radius 1 is 0.958 bits per heavy atom. The SMILES string of the molecule is CC(=O)c1ccn(C)c1.COC(=O)C(=O)CC(=O)c1ccn(C)c1. The highest BCUT2D eigenvalue weighted by molar-refractivity contribution is 6.38. The molecule has 0 fully saturated rings. The van der Waals surface area contributed by atoms with Gasteiger partial charge in [0, 0.05) is 50.0 Å². The van der Waals surface area contributed by atoms with Gasteiger partial charge in [0.05, 0.1) is 13.5 Å². The van der Waals surface area contributed by atoms with Crippen LogP contribution in [0.25, 0.3) is 0 Å². The number of carbonyl (C=O) groups is 4. The van der Waals surface area contributed by atoms with Crippen molar-refractivity contribution in [3.8, 4) is 0 Å². The van der Waals surface area contributed by atoms with Crippen LogP contribution in [-0.2, 0) is 28.4 Å². The van der Waals surface area contributed by atoms with Crippen molar-refractivity contribution in [1.82, 2.24) is 9.13 Å². The van der Waals surface area contributed by atoms with Crippen LogP contribution < -0.4 is 0 Å². The Hall–Kier alpha value is -2.96. The molecular formula is C17H20N2O5. The number of aromatic nitrogens is 2. The maximum Gasteiger partial charge on any atom is 0.374 e. The first-order valence-electron chi connectivity index (χ1n) is 7.13. The van der Waals surface area contributed by atoms with E-state index in [2.05, 4.69) is 4.74 Å². The van der Waals surface area contributed by atoms with Crippen LogP contribution >= 0.6 is 0 Å². The van der Waals surface area contributed by atoms with Crippen molar-refractivity contribution in [2.75, 3.05) is 7.11 Å². The van der Waals surface area contributed by atoms with Crippen LogP contribution in [0.3, 0.4) is 0 Å². The maximum absolute atomic E-state index is 11.4. The number of hydrogen-bond donors (Lipinski definition) is 0. The van der Waals surface area contributed by atoms with Gasteiger partial charge in [0.15, 0.2) is 11.6 Å². The zero-order valence-electron chi connectivity index (χ0n) is 14.1. The van der Waals surface area contributed by atoms with E-state index < -0.39 is 18.2 Å². The molecule has 2 aromatic rings. The fraction of sp³-hybridized carbons (Fsp3) is 0.294. The lowest BCUT2D eigenvalue weighted by Crippen LogP contribution is -2.19. The van der Waals surface area contributed by atoms with Crippen LogP contribution in [0.1, 0.15) is 34.1 Å². The van der Waals surface area contributed by atoms with Gasteiger partial charge in [0.25, 0.3) is 0 Å². The number of hydrogen-bond acceptors (Lipinski definition) is 5. The third-order valence-corrected chi connectivity index (χ3v) is 3.13. The summed E-state index contributed by atoms with van der Waals surface area (Å²) in [4.78, 5) is 43.9. The second-order valence-electron chi connectivity index (χ2n) is 5.20. The summed E-state index contributed by atoms with van der Waals surface area (Å²) < 4.78 is 7.76. The van der Waals surface area contributed by atoms with E-state index in [1.165, 1.54) is 0 Å². The van der Waals surface area contributed by atoms with E-state index in [1.54, 1.807) is 37.0 Å². The number of rotatable bonds is 5. The highest BCUT2D eigenvalue weighted by Gasteiger charge is 2.19. The third-order valence-electron chi connectivity index (χ3n) is 3.13. The molecule has 0 bridgehead atoms. The van der Waals surface area contributed by atoms with Crippen molar-refractivity contribution in [2.24, 2.45) is 14.1 Å². The molecule has 2 aromatic heterocycles. The van der Waals surface area contributed by atoms with Crippen molar-refractivity contribution in [2.45, 2.75) is 13.3 Å². The zero-order valence-corrected chi connectivity index (χ0v) is 14.1. The van der Waals surface area contributed by atoms with Gasteiger partial charge in [-0.15, -0.1) is 0 Å². The molecule has 0 radical (unpaired) electrons. The Bertz CT molecular complexity index is 755. The topological polar surface area (TPSA) is 87.4 Å². The van der Waals surface area contributed by atoms with Crippen LogP contribution in [0.5, 0.6) is 0 Å². The van der Waals surface area contributed by atoms with Gasteiger partial charge in [-0.1, -0.05) is 0 Å². The Balaban J connectivity index is 0.000000272. The van der Waals surface area contributed by atoms with Gasteiger partial charge in [-0.05, 0) is 19.1 Å². The Labute approximate surface area is 139 Å². The van der Waals surface area contributed by atoms with Gasteiger partial charge in [0.1, 0.15) is 0 Å². The lowest BCUT2D eigenvalue weighted by atomic mass is 10.1. The number of ketones is 3. The average Bonchev–Trinajstić information content (AvgIpc) is 3.15. The first-order chi connectivity index (χ1) is 11.2. The van der Waals surface area contributed by atoms with Crippen LogP contribution in [-0.4, -0.2) is 39.6 Å². The molecule has 0 spiro atoms. The van der Waals surface area contributed by atoms with E-state index in [1.807, 2.05) is 30.1 Å². The largest absolute Gasteiger partial charge is 0.463 e. The molecule has 24 heavy (non-hydrogen) atoms. The number of ether oxygens (including phenoxy) is 1. The highest BCUT2D eigenvalue weighted by atomic mass is 16.5. The molecule has 128 valence electrons. The number of methoxy groups -OCH3 is 1. The summed E-state index contributed by atoms with van der Waals surface area (Å²) in [6.07, 6.45) is 6.50. The van der Waals surface area contributed by atoms with E-state index >= 15 is 0 Å². The van der Waals surface area contributed by atoms with Crippen LogP contribution in [0, 0.1) is 0 Å². The minimum absolute atomic E-state index is 0.121. The quantitative estimate of drug-likeness (QED) is 0.359. The minimum atomic E-state index is -0.987. The smallest absolute Gasteiger partial charge is 0.374 e. The van der Waals surface area contributed by atoms with Gasteiger partial charge in [-0.3, -0.25) is 14.4 Å². The highest BCUT2D eigenvalue weighted by Crippen LogP contribution is 2.04. The number of aryl methyl sites for hydroxylation is 2. The predicted molar refractivity (Wildman–Crippen MR) is 86.8 cm³/mol. The first kappa shape index (κ1) is 19.1. The molecule has 2 heterocycles. The summed E-state index contributed by atoms with van der Waals surface area (Å²) in [7, 11) is 4.76. The van der Waals surface area contributed by atoms with Crippen LogP contribution in [0.4, 0.5) is 0 Å². The monoisotopic (exact) mass is 332 g/mol. The van der Waals surface area contributed by atoms with Gasteiger partial charge in [0.2, 0.25) is 5.78 Å². The Kier molecular flexibility index (Phi) is 6.85. The van der Waals surface area contributed by atoms with E-state index in [9.17, 15) is 19.2 Å². The van der Waals surface area contributed by atoms with Crippen molar-refractivity contribution < 1.29 is 23.9 Å². The summed E-state index contributed by atoms with van der Waals surface area (Å²) in [5.74, 6) is -2.08. The molecule has 0 amide bonds. The summed E-state index contributed by atoms with van der Waals surface area (Å²) in [5, 5.41) is 0. The predicted octanol–water partition coefficient (Wildman–Crippen LogP) is 1.57. The van der Waals surface area contributed by atoms with Gasteiger partial charge in [-0.25, -0.2) is 4.79 Å². The Morgan fingerprint density at radius 3 is 1.79 bits per heavy atom. The summed E-state index contributed by atoms with van der Waals surface area (Å²) >= 11 is 0. The van der Waals surface area contributed by atoms with Gasteiger partial charge < -0.3 is 13.9 Å². The molecule has 0 N–H and O–H groups in total. The summed E-state index contributed by atoms with van der Waals surface area (Å²) in [6, 6.07) is 3.40. The number of Topliss-reactive ketones (excluding diaryl/α,β-unsaturated/α-hetero) is 3. The fourth-order valence-corrected chi connectivity index (χ4v) is 1.81. The van der Waals surface area contributed by atoms with Gasteiger partial charge >= 0.3 is 5.97 Å². The normalized spacial score (nSPS) is 9.67. The second kappa shape index (κ2) is 8.61. The standard InChI is InChI=1S/C10H11NO4.C7H9NO/c1-11-4-3-7(6-11)8(12)5-9(13)10(14)15-2;1-6(9)7-3-4-8(2)5-7/h3-4,6H,5H2,1-2H3;3-5H,1-2H3. The molecule has 7 nitrogen and oxygen atoms in total. The number of nitrogens with zero attached hydrogens (tertiary/aromatic N) is 2. The molecule has 0 saturated heterocycles. The Morgan fingerprint density at radius 2 is 1.46 bits per heavy atom. The molecule has 0 aromatic carbocycles. The zero-order chi connectivity index (χ0) is 18.3. The average molecular weight is 332 g/mol. The maximum atomic E-state index is 11.4. The third kappa shape index (κ3) is 5.68. The van der Waals surface area contributed by atoms with Crippen molar-refractivity contribution in [3.05, 3.63) is 48.0 Å². The van der Waals surface area contributed by atoms with Crippen molar-refractivity contribution >= 4 is 23.3 Å². The van der Waals surface area contributed by atoms with Crippen molar-refractivity contribution in [3.63, 3.8) is 0 Å². The van der Waals surface area contributed by atoms with Crippen molar-refractivity contribution in [1.29, 1.82) is 0 Å². The summed E-state index contributed by atoms with van der Waals surface area (Å²) in [6.45, 7) is 1.56. The fourth-order valence-electron chi connectivity index (χ4n) is 1.81. The molecule has 0 aliphatic carbocycles. The molecule has 0 unspecified atom stereocenters. The lowest BCUT2D eigenvalue weighted by molar-refractivity contribution is -0.151. The van der Waals surface area contributed by atoms with E-state index in [0.29, 0.717) is 5.56 Å². The molecule has 0 saturated carbocycles. The van der Waals surface area contributed by atoms with E-state index in [4.69, 9.17) is 0 Å². The van der Waals surface area contributed by atoms with E-state index in [0.717, 1.165) is 12.7 Å². The number of carbonyl (C=O) groups excluding carboxylic acids is 4. The number of esters is 1. The second-order valence-corrected chi connectivity index (χ2v) is 5.20. The van der Waals surface area contributed by atoms with Crippen LogP contribution in [0.15, 0.2) is 36.9 Å². The van der Waals surface area contributed by atoms with Crippen LogP contribution in [0.2, 0.25) is 0 Å².